The zero-order valence-corrected chi connectivity index (χ0v) is 15.2. The molecule has 2 N–H and O–H groups in total. The summed E-state index contributed by atoms with van der Waals surface area (Å²) in [7, 11) is 0. The minimum atomic E-state index is -0.247. The fourth-order valence-electron chi connectivity index (χ4n) is 2.32. The van der Waals surface area contributed by atoms with Crippen molar-refractivity contribution in [3.63, 3.8) is 0 Å². The molecule has 1 heterocycles. The Balaban J connectivity index is 1.69. The molecule has 3 rings (SSSR count). The number of aromatic nitrogens is 2. The largest absolute Gasteiger partial charge is 0.324 e. The number of halogens is 1. The van der Waals surface area contributed by atoms with Crippen molar-refractivity contribution in [3.8, 4) is 0 Å². The first-order valence-corrected chi connectivity index (χ1v) is 8.69. The minimum absolute atomic E-state index is 0.247. The van der Waals surface area contributed by atoms with Crippen LogP contribution in [0.2, 0.25) is 0 Å². The first-order valence-electron chi connectivity index (χ1n) is 7.89. The van der Waals surface area contributed by atoms with Gasteiger partial charge in [-0.2, -0.15) is 0 Å². The number of nitrogens with one attached hydrogen (secondary N) is 2. The highest BCUT2D eigenvalue weighted by Crippen LogP contribution is 2.19. The van der Waals surface area contributed by atoms with Crippen LogP contribution >= 0.6 is 15.9 Å². The first kappa shape index (κ1) is 17.1. The highest BCUT2D eigenvalue weighted by Gasteiger charge is 2.08. The number of aryl methyl sites for hydroxylation is 1. The van der Waals surface area contributed by atoms with Gasteiger partial charge in [-0.1, -0.05) is 41.1 Å². The van der Waals surface area contributed by atoms with E-state index in [1.807, 2.05) is 42.5 Å². The predicted molar refractivity (Wildman–Crippen MR) is 103 cm³/mol. The molecule has 1 amide bonds. The Morgan fingerprint density at radius 2 is 1.72 bits per heavy atom. The van der Waals surface area contributed by atoms with Gasteiger partial charge in [0.2, 0.25) is 5.95 Å². The maximum Gasteiger partial charge on any atom is 0.258 e. The Labute approximate surface area is 154 Å². The van der Waals surface area contributed by atoms with Gasteiger partial charge in [0.1, 0.15) is 0 Å². The summed E-state index contributed by atoms with van der Waals surface area (Å²) < 4.78 is 0.955. The van der Waals surface area contributed by atoms with Crippen molar-refractivity contribution in [2.45, 2.75) is 13.3 Å². The Hall–Kier alpha value is -2.73. The fraction of sp³-hybridized carbons (Fsp3) is 0.105. The molecule has 0 bridgehead atoms. The van der Waals surface area contributed by atoms with Gasteiger partial charge in [-0.05, 0) is 42.3 Å². The predicted octanol–water partition coefficient (Wildman–Crippen LogP) is 4.80. The van der Waals surface area contributed by atoms with Crippen LogP contribution in [-0.2, 0) is 6.42 Å². The smallest absolute Gasteiger partial charge is 0.258 e. The number of hydrogen-bond acceptors (Lipinski definition) is 4. The van der Waals surface area contributed by atoms with Crippen LogP contribution in [0.3, 0.4) is 0 Å². The molecule has 0 unspecified atom stereocenters. The normalized spacial score (nSPS) is 10.3. The molecule has 6 heteroatoms. The van der Waals surface area contributed by atoms with Crippen molar-refractivity contribution in [1.29, 1.82) is 0 Å². The molecular weight excluding hydrogens is 380 g/mol. The van der Waals surface area contributed by atoms with Crippen molar-refractivity contribution >= 4 is 39.2 Å². The summed E-state index contributed by atoms with van der Waals surface area (Å²) in [4.78, 5) is 20.7. The SMILES string of the molecule is CCc1ccccc1Nc1ncc(C(=O)Nc2ccc(Br)cc2)cn1. The highest BCUT2D eigenvalue weighted by atomic mass is 79.9. The van der Waals surface area contributed by atoms with E-state index in [9.17, 15) is 4.79 Å². The molecule has 0 saturated carbocycles. The van der Waals surface area contributed by atoms with E-state index >= 15 is 0 Å². The van der Waals surface area contributed by atoms with E-state index in [-0.39, 0.29) is 5.91 Å². The molecule has 0 aliphatic rings. The lowest BCUT2D eigenvalue weighted by atomic mass is 10.1. The number of rotatable bonds is 5. The Kier molecular flexibility index (Phi) is 5.40. The lowest BCUT2D eigenvalue weighted by Crippen LogP contribution is -2.13. The number of carbonyl (C=O) groups excluding carboxylic acids is 1. The van der Waals surface area contributed by atoms with Gasteiger partial charge in [0.25, 0.3) is 5.91 Å². The Bertz CT molecular complexity index is 863. The van der Waals surface area contributed by atoms with Crippen molar-refractivity contribution in [1.82, 2.24) is 9.97 Å². The molecular formula is C19H17BrN4O. The number of benzene rings is 2. The van der Waals surface area contributed by atoms with E-state index in [1.165, 1.54) is 18.0 Å². The number of amides is 1. The number of para-hydroxylation sites is 1. The molecule has 5 nitrogen and oxygen atoms in total. The lowest BCUT2D eigenvalue weighted by molar-refractivity contribution is 0.102. The van der Waals surface area contributed by atoms with Gasteiger partial charge in [0, 0.05) is 28.2 Å². The quantitative estimate of drug-likeness (QED) is 0.649. The maximum absolute atomic E-state index is 12.2. The molecule has 0 radical (unpaired) electrons. The van der Waals surface area contributed by atoms with Gasteiger partial charge < -0.3 is 10.6 Å². The summed E-state index contributed by atoms with van der Waals surface area (Å²) in [6, 6.07) is 15.4. The van der Waals surface area contributed by atoms with E-state index in [0.29, 0.717) is 17.2 Å². The van der Waals surface area contributed by atoms with Crippen LogP contribution in [0.4, 0.5) is 17.3 Å². The summed E-state index contributed by atoms with van der Waals surface area (Å²) in [5.41, 5.74) is 3.27. The molecule has 0 aliphatic heterocycles. The average molecular weight is 397 g/mol. The van der Waals surface area contributed by atoms with Crippen LogP contribution in [-0.4, -0.2) is 15.9 Å². The monoisotopic (exact) mass is 396 g/mol. The van der Waals surface area contributed by atoms with Gasteiger partial charge in [-0.25, -0.2) is 9.97 Å². The fourth-order valence-corrected chi connectivity index (χ4v) is 2.58. The summed E-state index contributed by atoms with van der Waals surface area (Å²) in [5.74, 6) is 0.212. The second kappa shape index (κ2) is 7.90. The zero-order chi connectivity index (χ0) is 17.6. The van der Waals surface area contributed by atoms with E-state index in [4.69, 9.17) is 0 Å². The van der Waals surface area contributed by atoms with Crippen LogP contribution in [0, 0.1) is 0 Å². The molecule has 25 heavy (non-hydrogen) atoms. The number of anilines is 3. The van der Waals surface area contributed by atoms with Crippen LogP contribution < -0.4 is 10.6 Å². The molecule has 0 saturated heterocycles. The number of carbonyl (C=O) groups is 1. The summed E-state index contributed by atoms with van der Waals surface area (Å²) in [6.45, 7) is 2.09. The third kappa shape index (κ3) is 4.42. The topological polar surface area (TPSA) is 66.9 Å². The molecule has 0 spiro atoms. The van der Waals surface area contributed by atoms with Crippen molar-refractivity contribution in [2.24, 2.45) is 0 Å². The maximum atomic E-state index is 12.2. The van der Waals surface area contributed by atoms with Crippen LogP contribution in [0.5, 0.6) is 0 Å². The standard InChI is InChI=1S/C19H17BrN4O/c1-2-13-5-3-4-6-17(13)24-19-21-11-14(12-22-19)18(25)23-16-9-7-15(20)8-10-16/h3-12H,2H2,1H3,(H,23,25)(H,21,22,24). The van der Waals surface area contributed by atoms with Crippen molar-refractivity contribution in [2.75, 3.05) is 10.6 Å². The third-order valence-electron chi connectivity index (χ3n) is 3.66. The lowest BCUT2D eigenvalue weighted by Gasteiger charge is -2.09. The molecule has 3 aromatic rings. The average Bonchev–Trinajstić information content (AvgIpc) is 2.64. The third-order valence-corrected chi connectivity index (χ3v) is 4.19. The Morgan fingerprint density at radius 3 is 2.40 bits per heavy atom. The van der Waals surface area contributed by atoms with Crippen LogP contribution in [0.15, 0.2) is 65.4 Å². The second-order valence-electron chi connectivity index (χ2n) is 5.39. The molecule has 0 fully saturated rings. The number of hydrogen-bond donors (Lipinski definition) is 2. The van der Waals surface area contributed by atoms with Gasteiger partial charge in [-0.3, -0.25) is 4.79 Å². The van der Waals surface area contributed by atoms with Gasteiger partial charge in [0.05, 0.1) is 5.56 Å². The highest BCUT2D eigenvalue weighted by molar-refractivity contribution is 9.10. The van der Waals surface area contributed by atoms with Crippen LogP contribution in [0.1, 0.15) is 22.8 Å². The van der Waals surface area contributed by atoms with Gasteiger partial charge in [-0.15, -0.1) is 0 Å². The molecule has 0 aliphatic carbocycles. The molecule has 126 valence electrons. The zero-order valence-electron chi connectivity index (χ0n) is 13.7. The molecule has 2 aromatic carbocycles. The van der Waals surface area contributed by atoms with E-state index in [0.717, 1.165) is 16.6 Å². The summed E-state index contributed by atoms with van der Waals surface area (Å²) >= 11 is 3.36. The van der Waals surface area contributed by atoms with E-state index < -0.39 is 0 Å². The molecule has 0 atom stereocenters. The second-order valence-corrected chi connectivity index (χ2v) is 6.31. The van der Waals surface area contributed by atoms with E-state index in [2.05, 4.69) is 49.5 Å². The Morgan fingerprint density at radius 1 is 1.04 bits per heavy atom. The first-order chi connectivity index (χ1) is 12.2. The minimum Gasteiger partial charge on any atom is -0.324 e. The summed E-state index contributed by atoms with van der Waals surface area (Å²) in [5, 5.41) is 6.00. The van der Waals surface area contributed by atoms with Crippen LogP contribution in [0.25, 0.3) is 0 Å². The van der Waals surface area contributed by atoms with Crippen molar-refractivity contribution in [3.05, 3.63) is 76.5 Å². The van der Waals surface area contributed by atoms with E-state index in [1.54, 1.807) is 0 Å². The summed E-state index contributed by atoms with van der Waals surface area (Å²) in [6.07, 6.45) is 3.94. The van der Waals surface area contributed by atoms with Gasteiger partial charge >= 0.3 is 0 Å². The van der Waals surface area contributed by atoms with Gasteiger partial charge in [0.15, 0.2) is 0 Å². The molecule has 1 aromatic heterocycles. The number of nitrogens with zero attached hydrogens (tertiary/aromatic N) is 2. The van der Waals surface area contributed by atoms with Crippen molar-refractivity contribution < 1.29 is 4.79 Å².